The summed E-state index contributed by atoms with van der Waals surface area (Å²) in [7, 11) is 0. The Bertz CT molecular complexity index is 1550. The van der Waals surface area contributed by atoms with Crippen molar-refractivity contribution in [3.05, 3.63) is 71.6 Å². The van der Waals surface area contributed by atoms with Crippen LogP contribution in [0.2, 0.25) is 0 Å². The lowest BCUT2D eigenvalue weighted by molar-refractivity contribution is -0.360. The van der Waals surface area contributed by atoms with Crippen LogP contribution in [0.3, 0.4) is 0 Å². The van der Waals surface area contributed by atoms with Crippen LogP contribution in [0.15, 0.2) is 54.9 Å². The number of unbranched alkanes of at least 4 members (excludes halogenated alkanes) is 4. The highest BCUT2D eigenvalue weighted by Crippen LogP contribution is 2.32. The van der Waals surface area contributed by atoms with Crippen molar-refractivity contribution in [3.63, 3.8) is 0 Å². The molecule has 1 fully saturated rings. The van der Waals surface area contributed by atoms with E-state index in [0.29, 0.717) is 29.5 Å². The number of aryl methyl sites for hydroxylation is 1. The van der Waals surface area contributed by atoms with Crippen molar-refractivity contribution in [2.75, 3.05) is 24.1 Å². The van der Waals surface area contributed by atoms with Gasteiger partial charge in [-0.25, -0.2) is 20.1 Å². The van der Waals surface area contributed by atoms with E-state index in [1.54, 1.807) is 24.5 Å². The molecular weight excluding hydrogens is 526 g/mol. The SMILES string of the molecule is Cc1cc[nH+]c(NC(=O)c2ccc(-c3[nH]nc4c(/C=C/CCCCCCC(=O)N5CCCCC5)cnc(N)c34)cc2)c1. The molecule has 0 radical (unpaired) electrons. The molecule has 42 heavy (non-hydrogen) atoms. The molecule has 4 aromatic rings. The molecule has 3 aromatic heterocycles. The first-order valence-corrected chi connectivity index (χ1v) is 15.0. The number of anilines is 2. The lowest BCUT2D eigenvalue weighted by atomic mass is 10.0. The number of nitrogens with one attached hydrogen (secondary N) is 3. The summed E-state index contributed by atoms with van der Waals surface area (Å²) < 4.78 is 0. The first-order chi connectivity index (χ1) is 20.5. The van der Waals surface area contributed by atoms with Gasteiger partial charge in [0.15, 0.2) is 0 Å². The Hall–Kier alpha value is -4.53. The number of pyridine rings is 2. The molecule has 1 saturated heterocycles. The largest absolute Gasteiger partial charge is 0.383 e. The van der Waals surface area contributed by atoms with Crippen molar-refractivity contribution in [1.82, 2.24) is 20.1 Å². The number of carbonyl (C=O) groups is 2. The Morgan fingerprint density at radius 3 is 2.64 bits per heavy atom. The number of likely N-dealkylation sites (tertiary alicyclic amines) is 1. The predicted molar refractivity (Wildman–Crippen MR) is 167 cm³/mol. The zero-order chi connectivity index (χ0) is 29.3. The van der Waals surface area contributed by atoms with Crippen LogP contribution in [-0.2, 0) is 4.79 Å². The Balaban J connectivity index is 1.15. The molecular formula is C33H40N7O2+. The summed E-state index contributed by atoms with van der Waals surface area (Å²) in [6, 6.07) is 11.1. The van der Waals surface area contributed by atoms with Gasteiger partial charge in [-0.1, -0.05) is 37.1 Å². The molecule has 5 N–H and O–H groups in total. The van der Waals surface area contributed by atoms with Gasteiger partial charge >= 0.3 is 5.91 Å². The van der Waals surface area contributed by atoms with Crippen LogP contribution < -0.4 is 16.0 Å². The lowest BCUT2D eigenvalue weighted by Crippen LogP contribution is -2.35. The third-order valence-electron chi connectivity index (χ3n) is 7.80. The smallest absolute Gasteiger partial charge is 0.339 e. The van der Waals surface area contributed by atoms with Crippen molar-refractivity contribution in [2.24, 2.45) is 0 Å². The molecule has 0 atom stereocenters. The number of nitrogen functional groups attached to an aromatic ring is 1. The second-order valence-corrected chi connectivity index (χ2v) is 11.0. The number of aromatic amines is 2. The molecule has 4 heterocycles. The van der Waals surface area contributed by atoms with Gasteiger partial charge in [0.2, 0.25) is 5.91 Å². The molecule has 0 aliphatic carbocycles. The zero-order valence-corrected chi connectivity index (χ0v) is 24.3. The maximum atomic E-state index is 12.7. The molecule has 0 bridgehead atoms. The van der Waals surface area contributed by atoms with E-state index in [2.05, 4.69) is 37.6 Å². The van der Waals surface area contributed by atoms with Crippen molar-refractivity contribution >= 4 is 40.4 Å². The number of nitrogens with two attached hydrogens (primary N) is 1. The summed E-state index contributed by atoms with van der Waals surface area (Å²) in [6.07, 6.45) is 17.1. The van der Waals surface area contributed by atoms with E-state index >= 15 is 0 Å². The molecule has 1 aliphatic heterocycles. The Morgan fingerprint density at radius 2 is 1.86 bits per heavy atom. The monoisotopic (exact) mass is 566 g/mol. The fourth-order valence-corrected chi connectivity index (χ4v) is 5.43. The molecule has 5 rings (SSSR count). The number of hydrogen-bond donors (Lipinski definition) is 3. The first-order valence-electron chi connectivity index (χ1n) is 15.0. The maximum Gasteiger partial charge on any atom is 0.339 e. The first kappa shape index (κ1) is 29.0. The van der Waals surface area contributed by atoms with Gasteiger partial charge in [0.05, 0.1) is 22.8 Å². The highest BCUT2D eigenvalue weighted by molar-refractivity contribution is 6.05. The molecule has 0 saturated carbocycles. The normalized spacial score (nSPS) is 13.6. The van der Waals surface area contributed by atoms with Crippen LogP contribution in [-0.4, -0.2) is 45.0 Å². The van der Waals surface area contributed by atoms with Crippen LogP contribution >= 0.6 is 0 Å². The number of piperidine rings is 1. The van der Waals surface area contributed by atoms with Crippen molar-refractivity contribution in [3.8, 4) is 11.3 Å². The standard InChI is InChI=1S/C33H39N7O2/c1-23-17-18-35-27(21-23)37-33(42)25-15-13-24(14-16-25)30-29-31(39-38-30)26(22-36-32(29)34)11-7-4-2-3-5-8-12-28(41)40-19-9-6-10-20-40/h7,11,13-18,21-22H,2-6,8-10,12,19-20H2,1H3,(H2,34,36)(H,38,39)(H,35,37,42)/p+1/b11-7+. The topological polar surface area (TPSA) is 131 Å². The van der Waals surface area contributed by atoms with E-state index < -0.39 is 0 Å². The molecule has 2 amide bonds. The Morgan fingerprint density at radius 1 is 1.07 bits per heavy atom. The number of carbonyl (C=O) groups excluding carboxylic acids is 2. The Labute approximate surface area is 246 Å². The number of aromatic nitrogens is 4. The van der Waals surface area contributed by atoms with E-state index in [4.69, 9.17) is 5.73 Å². The number of benzene rings is 1. The van der Waals surface area contributed by atoms with Crippen molar-refractivity contribution in [2.45, 2.75) is 64.7 Å². The van der Waals surface area contributed by atoms with Crippen LogP contribution in [0.4, 0.5) is 11.6 Å². The van der Waals surface area contributed by atoms with E-state index in [1.807, 2.05) is 36.1 Å². The molecule has 9 heteroatoms. The van der Waals surface area contributed by atoms with Crippen LogP contribution in [0.1, 0.15) is 79.3 Å². The number of rotatable bonds is 11. The number of amides is 2. The molecule has 218 valence electrons. The summed E-state index contributed by atoms with van der Waals surface area (Å²) in [5, 5.41) is 11.3. The number of H-pyrrole nitrogens is 2. The summed E-state index contributed by atoms with van der Waals surface area (Å²) in [6.45, 7) is 3.85. The van der Waals surface area contributed by atoms with Gasteiger partial charge in [0.25, 0.3) is 5.82 Å². The van der Waals surface area contributed by atoms with Gasteiger partial charge in [-0.05, 0) is 69.2 Å². The van der Waals surface area contributed by atoms with Gasteiger partial charge < -0.3 is 10.6 Å². The highest BCUT2D eigenvalue weighted by atomic mass is 16.2. The minimum absolute atomic E-state index is 0.197. The fraction of sp³-hybridized carbons (Fsp3) is 0.364. The number of fused-ring (bicyclic) bond motifs is 1. The van der Waals surface area contributed by atoms with E-state index in [1.165, 1.54) is 6.42 Å². The van der Waals surface area contributed by atoms with Crippen LogP contribution in [0.25, 0.3) is 28.2 Å². The van der Waals surface area contributed by atoms with E-state index in [-0.39, 0.29) is 5.91 Å². The number of nitrogens with zero attached hydrogens (tertiary/aromatic N) is 3. The third-order valence-corrected chi connectivity index (χ3v) is 7.80. The fourth-order valence-electron chi connectivity index (χ4n) is 5.43. The minimum Gasteiger partial charge on any atom is -0.383 e. The average molecular weight is 567 g/mol. The number of hydrogen-bond acceptors (Lipinski definition) is 5. The van der Waals surface area contributed by atoms with E-state index in [9.17, 15) is 9.59 Å². The third kappa shape index (κ3) is 7.21. The molecule has 1 aliphatic rings. The van der Waals surface area contributed by atoms with Gasteiger partial charge in [-0.15, -0.1) is 0 Å². The van der Waals surface area contributed by atoms with Crippen LogP contribution in [0.5, 0.6) is 0 Å². The second-order valence-electron chi connectivity index (χ2n) is 11.0. The van der Waals surface area contributed by atoms with E-state index in [0.717, 1.165) is 91.3 Å². The number of allylic oxidation sites excluding steroid dienone is 1. The van der Waals surface area contributed by atoms with Gasteiger partial charge in [0.1, 0.15) is 11.3 Å². The Kier molecular flexibility index (Phi) is 9.59. The van der Waals surface area contributed by atoms with Gasteiger partial charge in [-0.3, -0.25) is 9.89 Å². The van der Waals surface area contributed by atoms with Gasteiger partial charge in [0, 0.05) is 42.9 Å². The zero-order valence-electron chi connectivity index (χ0n) is 24.3. The minimum atomic E-state index is -0.197. The summed E-state index contributed by atoms with van der Waals surface area (Å²) in [5.74, 6) is 1.17. The molecule has 0 spiro atoms. The molecule has 1 aromatic carbocycles. The van der Waals surface area contributed by atoms with Crippen molar-refractivity contribution < 1.29 is 14.6 Å². The average Bonchev–Trinajstić information content (AvgIpc) is 3.46. The predicted octanol–water partition coefficient (Wildman–Crippen LogP) is 5.95. The summed E-state index contributed by atoms with van der Waals surface area (Å²) >= 11 is 0. The second kappa shape index (κ2) is 13.9. The summed E-state index contributed by atoms with van der Waals surface area (Å²) in [5.41, 5.74) is 11.2. The maximum absolute atomic E-state index is 12.7. The lowest BCUT2D eigenvalue weighted by Gasteiger charge is -2.26. The van der Waals surface area contributed by atoms with Crippen molar-refractivity contribution in [1.29, 1.82) is 0 Å². The molecule has 0 unspecified atom stereocenters. The highest BCUT2D eigenvalue weighted by Gasteiger charge is 2.17. The summed E-state index contributed by atoms with van der Waals surface area (Å²) in [4.78, 5) is 34.5. The van der Waals surface area contributed by atoms with Gasteiger partial charge in [-0.2, -0.15) is 5.10 Å². The molecule has 9 nitrogen and oxygen atoms in total. The quantitative estimate of drug-likeness (QED) is 0.193. The van der Waals surface area contributed by atoms with Crippen LogP contribution in [0, 0.1) is 6.92 Å².